The van der Waals surface area contributed by atoms with Crippen LogP contribution in [-0.4, -0.2) is 10.2 Å². The van der Waals surface area contributed by atoms with E-state index in [0.717, 1.165) is 0 Å². The fourth-order valence-corrected chi connectivity index (χ4v) is 1.53. The molecule has 0 aliphatic heterocycles. The highest BCUT2D eigenvalue weighted by Gasteiger charge is 1.85. The molecule has 0 saturated carbocycles. The molecule has 0 N–H and O–H groups in total. The molecule has 0 bridgehead atoms. The van der Waals surface area contributed by atoms with Crippen LogP contribution in [0, 0.1) is 0 Å². The second-order valence-corrected chi connectivity index (χ2v) is 3.77. The summed E-state index contributed by atoms with van der Waals surface area (Å²) in [5.74, 6) is 0. The van der Waals surface area contributed by atoms with Gasteiger partial charge in [-0.15, -0.1) is 0 Å². The molecule has 0 spiro atoms. The first kappa shape index (κ1) is 9.22. The maximum Gasteiger partial charge on any atom is 0.00279 e. The Kier molecular flexibility index (Phi) is 8.41. The van der Waals surface area contributed by atoms with E-state index in [1.165, 1.54) is 54.8 Å². The molecule has 0 amide bonds. The molecule has 0 unspecified atom stereocenters. The van der Waals surface area contributed by atoms with E-state index in [1.807, 2.05) is 0 Å². The summed E-state index contributed by atoms with van der Waals surface area (Å²) in [6, 6.07) is 1.51. The third kappa shape index (κ3) is 8.22. The maximum absolute atomic E-state index is 2.27. The van der Waals surface area contributed by atoms with Crippen LogP contribution in [0.1, 0.15) is 45.4 Å². The Labute approximate surface area is 62.5 Å². The first-order valence-electron chi connectivity index (χ1n) is 4.41. The van der Waals surface area contributed by atoms with E-state index >= 15 is 0 Å². The molecular formula is C8H20Si. The molecule has 0 atom stereocenters. The smallest absolute Gasteiger partial charge is 0.00279 e. The first-order valence-corrected chi connectivity index (χ1v) is 5.83. The topological polar surface area (TPSA) is 0 Å². The predicted molar refractivity (Wildman–Crippen MR) is 48.1 cm³/mol. The van der Waals surface area contributed by atoms with Gasteiger partial charge in [-0.3, -0.25) is 0 Å². The van der Waals surface area contributed by atoms with Crippen LogP contribution in [0.5, 0.6) is 0 Å². The minimum atomic E-state index is 1.38. The summed E-state index contributed by atoms with van der Waals surface area (Å²) in [7, 11) is 1.41. The van der Waals surface area contributed by atoms with Crippen molar-refractivity contribution < 1.29 is 0 Å². The van der Waals surface area contributed by atoms with E-state index in [2.05, 4.69) is 6.92 Å². The molecule has 0 aromatic rings. The Morgan fingerprint density at radius 2 is 1.44 bits per heavy atom. The van der Waals surface area contributed by atoms with Crippen molar-refractivity contribution in [2.24, 2.45) is 0 Å². The van der Waals surface area contributed by atoms with Gasteiger partial charge < -0.3 is 0 Å². The van der Waals surface area contributed by atoms with Gasteiger partial charge >= 0.3 is 0 Å². The molecule has 0 nitrogen and oxygen atoms in total. The molecule has 0 aliphatic carbocycles. The van der Waals surface area contributed by atoms with Crippen molar-refractivity contribution in [1.82, 2.24) is 0 Å². The van der Waals surface area contributed by atoms with Crippen LogP contribution in [0.4, 0.5) is 0 Å². The maximum atomic E-state index is 2.27. The van der Waals surface area contributed by atoms with Crippen LogP contribution in [-0.2, 0) is 0 Å². The lowest BCUT2D eigenvalue weighted by Gasteiger charge is -1.96. The van der Waals surface area contributed by atoms with Crippen LogP contribution < -0.4 is 0 Å². The lowest BCUT2D eigenvalue weighted by molar-refractivity contribution is 0.624. The van der Waals surface area contributed by atoms with Crippen molar-refractivity contribution in [3.05, 3.63) is 0 Å². The Balaban J connectivity index is 2.60. The highest BCUT2D eigenvalue weighted by atomic mass is 28.1. The van der Waals surface area contributed by atoms with Crippen LogP contribution in [0.15, 0.2) is 0 Å². The molecule has 1 heteroatoms. The van der Waals surface area contributed by atoms with Gasteiger partial charge in [0.05, 0.1) is 0 Å². The zero-order valence-electron chi connectivity index (χ0n) is 6.95. The van der Waals surface area contributed by atoms with Gasteiger partial charge in [-0.05, 0) is 0 Å². The highest BCUT2D eigenvalue weighted by molar-refractivity contribution is 6.08. The average Bonchev–Trinajstić information content (AvgIpc) is 1.89. The molecule has 9 heavy (non-hydrogen) atoms. The van der Waals surface area contributed by atoms with Gasteiger partial charge in [0.25, 0.3) is 0 Å². The highest BCUT2D eigenvalue weighted by Crippen LogP contribution is 2.05. The second-order valence-electron chi connectivity index (χ2n) is 2.77. The summed E-state index contributed by atoms with van der Waals surface area (Å²) in [6.07, 6.45) is 8.76. The number of hydrogen-bond acceptors (Lipinski definition) is 0. The summed E-state index contributed by atoms with van der Waals surface area (Å²) in [5.41, 5.74) is 0. The SMILES string of the molecule is CCCCCCCC[SiH3]. The minimum absolute atomic E-state index is 1.38. The largest absolute Gasteiger partial charge is 0.0658 e. The quantitative estimate of drug-likeness (QED) is 0.396. The molecule has 0 saturated heterocycles. The van der Waals surface area contributed by atoms with Gasteiger partial charge in [-0.2, -0.15) is 0 Å². The molecule has 0 radical (unpaired) electrons. The van der Waals surface area contributed by atoms with Gasteiger partial charge in [-0.1, -0.05) is 51.5 Å². The van der Waals surface area contributed by atoms with Crippen LogP contribution >= 0.6 is 0 Å². The standard InChI is InChI=1S/C8H20Si/c1-2-3-4-5-6-7-8-9/h2-8H2,1,9H3. The Bertz CT molecular complexity index is 37.8. The summed E-state index contributed by atoms with van der Waals surface area (Å²) in [4.78, 5) is 0. The van der Waals surface area contributed by atoms with E-state index in [4.69, 9.17) is 0 Å². The average molecular weight is 144 g/mol. The lowest BCUT2D eigenvalue weighted by Crippen LogP contribution is -1.77. The van der Waals surface area contributed by atoms with Gasteiger partial charge in [-0.25, -0.2) is 0 Å². The summed E-state index contributed by atoms with van der Waals surface area (Å²) >= 11 is 0. The van der Waals surface area contributed by atoms with E-state index in [0.29, 0.717) is 0 Å². The van der Waals surface area contributed by atoms with Crippen molar-refractivity contribution in [3.8, 4) is 0 Å². The minimum Gasteiger partial charge on any atom is -0.0658 e. The fourth-order valence-electron chi connectivity index (χ4n) is 1.03. The molecule has 0 heterocycles. The molecule has 0 aliphatic rings. The van der Waals surface area contributed by atoms with Crippen molar-refractivity contribution in [2.75, 3.05) is 0 Å². The summed E-state index contributed by atoms with van der Waals surface area (Å²) < 4.78 is 0. The number of hydrogen-bond donors (Lipinski definition) is 0. The van der Waals surface area contributed by atoms with Gasteiger partial charge in [0.15, 0.2) is 0 Å². The Hall–Kier alpha value is 0.217. The van der Waals surface area contributed by atoms with E-state index in [-0.39, 0.29) is 0 Å². The lowest BCUT2D eigenvalue weighted by atomic mass is 10.1. The van der Waals surface area contributed by atoms with E-state index < -0.39 is 0 Å². The molecular weight excluding hydrogens is 124 g/mol. The number of rotatable bonds is 6. The zero-order chi connectivity index (χ0) is 6.95. The molecule has 0 aromatic heterocycles. The fraction of sp³-hybridized carbons (Fsp3) is 1.00. The van der Waals surface area contributed by atoms with Gasteiger partial charge in [0, 0.05) is 10.2 Å². The van der Waals surface area contributed by atoms with Crippen molar-refractivity contribution in [2.45, 2.75) is 51.5 Å². The van der Waals surface area contributed by atoms with Crippen molar-refractivity contribution in [3.63, 3.8) is 0 Å². The monoisotopic (exact) mass is 144 g/mol. The van der Waals surface area contributed by atoms with Crippen LogP contribution in [0.2, 0.25) is 6.04 Å². The molecule has 0 aromatic carbocycles. The third-order valence-corrected chi connectivity index (χ3v) is 2.41. The summed E-state index contributed by atoms with van der Waals surface area (Å²) in [5, 5.41) is 0. The summed E-state index contributed by atoms with van der Waals surface area (Å²) in [6.45, 7) is 2.27. The van der Waals surface area contributed by atoms with Crippen LogP contribution in [0.25, 0.3) is 0 Å². The normalized spacial score (nSPS) is 10.3. The van der Waals surface area contributed by atoms with Gasteiger partial charge in [0.2, 0.25) is 0 Å². The Morgan fingerprint density at radius 1 is 0.889 bits per heavy atom. The molecule has 0 fully saturated rings. The second kappa shape index (κ2) is 8.22. The predicted octanol–water partition coefficient (Wildman–Crippen LogP) is 2.13. The molecule has 0 rings (SSSR count). The van der Waals surface area contributed by atoms with Crippen molar-refractivity contribution in [1.29, 1.82) is 0 Å². The van der Waals surface area contributed by atoms with Gasteiger partial charge in [0.1, 0.15) is 0 Å². The number of unbranched alkanes of at least 4 members (excludes halogenated alkanes) is 5. The Morgan fingerprint density at radius 3 is 2.00 bits per heavy atom. The third-order valence-electron chi connectivity index (χ3n) is 1.71. The van der Waals surface area contributed by atoms with Crippen LogP contribution in [0.3, 0.4) is 0 Å². The first-order chi connectivity index (χ1) is 4.41. The molecule has 56 valence electrons. The van der Waals surface area contributed by atoms with E-state index in [1.54, 1.807) is 0 Å². The van der Waals surface area contributed by atoms with E-state index in [9.17, 15) is 0 Å². The zero-order valence-corrected chi connectivity index (χ0v) is 8.95. The van der Waals surface area contributed by atoms with Crippen molar-refractivity contribution >= 4 is 10.2 Å².